The zero-order valence-electron chi connectivity index (χ0n) is 13.3. The summed E-state index contributed by atoms with van der Waals surface area (Å²) >= 11 is 0. The summed E-state index contributed by atoms with van der Waals surface area (Å²) in [6.07, 6.45) is 5.77. The molecule has 0 spiro atoms. The van der Waals surface area contributed by atoms with Crippen LogP contribution < -0.4 is 5.32 Å². The fourth-order valence-electron chi connectivity index (χ4n) is 2.97. The van der Waals surface area contributed by atoms with E-state index in [9.17, 15) is 5.11 Å². The SMILES string of the molecule is CCc1cccc(NCC(O)COC2CCCC(C)C2)c1. The highest BCUT2D eigenvalue weighted by Crippen LogP contribution is 2.25. The molecule has 21 heavy (non-hydrogen) atoms. The van der Waals surface area contributed by atoms with Crippen molar-refractivity contribution in [1.29, 1.82) is 0 Å². The van der Waals surface area contributed by atoms with Crippen LogP contribution in [0.1, 0.15) is 45.1 Å². The first-order valence-corrected chi connectivity index (χ1v) is 8.29. The van der Waals surface area contributed by atoms with E-state index in [1.165, 1.54) is 18.4 Å². The Morgan fingerprint density at radius 3 is 3.00 bits per heavy atom. The summed E-state index contributed by atoms with van der Waals surface area (Å²) in [5.41, 5.74) is 2.38. The molecule has 118 valence electrons. The summed E-state index contributed by atoms with van der Waals surface area (Å²) in [5.74, 6) is 0.760. The van der Waals surface area contributed by atoms with Gasteiger partial charge < -0.3 is 15.2 Å². The van der Waals surface area contributed by atoms with E-state index in [2.05, 4.69) is 31.3 Å². The van der Waals surface area contributed by atoms with Crippen LogP contribution in [0.15, 0.2) is 24.3 Å². The highest BCUT2D eigenvalue weighted by Gasteiger charge is 2.20. The van der Waals surface area contributed by atoms with Crippen LogP contribution in [-0.4, -0.2) is 30.5 Å². The molecule has 3 heteroatoms. The molecule has 0 radical (unpaired) electrons. The Bertz CT molecular complexity index is 421. The van der Waals surface area contributed by atoms with E-state index in [1.807, 2.05) is 12.1 Å². The summed E-state index contributed by atoms with van der Waals surface area (Å²) < 4.78 is 5.86. The third kappa shape index (κ3) is 5.68. The molecule has 1 aromatic rings. The van der Waals surface area contributed by atoms with Gasteiger partial charge in [-0.3, -0.25) is 0 Å². The first kappa shape index (κ1) is 16.3. The molecule has 0 aromatic heterocycles. The van der Waals surface area contributed by atoms with E-state index in [0.717, 1.165) is 30.9 Å². The van der Waals surface area contributed by atoms with Gasteiger partial charge in [-0.25, -0.2) is 0 Å². The molecule has 1 fully saturated rings. The maximum atomic E-state index is 10.0. The van der Waals surface area contributed by atoms with Crippen LogP contribution in [0.3, 0.4) is 0 Å². The second-order valence-corrected chi connectivity index (χ2v) is 6.32. The molecule has 3 atom stereocenters. The fraction of sp³-hybridized carbons (Fsp3) is 0.667. The maximum Gasteiger partial charge on any atom is 0.0945 e. The van der Waals surface area contributed by atoms with Crippen LogP contribution in [0.2, 0.25) is 0 Å². The topological polar surface area (TPSA) is 41.5 Å². The molecule has 2 rings (SSSR count). The van der Waals surface area contributed by atoms with Crippen LogP contribution in [0, 0.1) is 5.92 Å². The summed E-state index contributed by atoms with van der Waals surface area (Å²) in [7, 11) is 0. The zero-order chi connectivity index (χ0) is 15.1. The number of ether oxygens (including phenoxy) is 1. The van der Waals surface area contributed by atoms with Gasteiger partial charge in [0, 0.05) is 12.2 Å². The molecule has 1 saturated carbocycles. The normalized spacial score (nSPS) is 23.8. The summed E-state index contributed by atoms with van der Waals surface area (Å²) in [4.78, 5) is 0. The summed E-state index contributed by atoms with van der Waals surface area (Å²) in [5, 5.41) is 13.3. The molecule has 0 amide bonds. The smallest absolute Gasteiger partial charge is 0.0945 e. The van der Waals surface area contributed by atoms with Gasteiger partial charge >= 0.3 is 0 Å². The lowest BCUT2D eigenvalue weighted by molar-refractivity contribution is -0.0274. The maximum absolute atomic E-state index is 10.0. The minimum Gasteiger partial charge on any atom is -0.389 e. The van der Waals surface area contributed by atoms with Gasteiger partial charge in [-0.05, 0) is 42.9 Å². The summed E-state index contributed by atoms with van der Waals surface area (Å²) in [6, 6.07) is 8.34. The molecular weight excluding hydrogens is 262 g/mol. The van der Waals surface area contributed by atoms with Crippen LogP contribution in [0.4, 0.5) is 5.69 Å². The minimum absolute atomic E-state index is 0.340. The first-order chi connectivity index (χ1) is 10.2. The molecule has 1 aliphatic carbocycles. The Morgan fingerprint density at radius 1 is 1.38 bits per heavy atom. The molecule has 3 unspecified atom stereocenters. The average molecular weight is 291 g/mol. The molecular formula is C18H29NO2. The van der Waals surface area contributed by atoms with E-state index in [-0.39, 0.29) is 0 Å². The van der Waals surface area contributed by atoms with Crippen molar-refractivity contribution in [2.24, 2.45) is 5.92 Å². The quantitative estimate of drug-likeness (QED) is 0.806. The highest BCUT2D eigenvalue weighted by molar-refractivity contribution is 5.45. The molecule has 1 aliphatic rings. The Kier molecular flexibility index (Phi) is 6.52. The van der Waals surface area contributed by atoms with Gasteiger partial charge in [0.1, 0.15) is 0 Å². The zero-order valence-corrected chi connectivity index (χ0v) is 13.3. The van der Waals surface area contributed by atoms with E-state index >= 15 is 0 Å². The molecule has 1 aromatic carbocycles. The number of aliphatic hydroxyl groups excluding tert-OH is 1. The number of benzene rings is 1. The van der Waals surface area contributed by atoms with Gasteiger partial charge in [-0.2, -0.15) is 0 Å². The number of rotatable bonds is 7. The van der Waals surface area contributed by atoms with Crippen LogP contribution in [0.5, 0.6) is 0 Å². The van der Waals surface area contributed by atoms with Crippen molar-refractivity contribution in [3.63, 3.8) is 0 Å². The largest absolute Gasteiger partial charge is 0.389 e. The van der Waals surface area contributed by atoms with Gasteiger partial charge in [-0.1, -0.05) is 38.8 Å². The number of hydrogen-bond acceptors (Lipinski definition) is 3. The second kappa shape index (κ2) is 8.40. The summed E-state index contributed by atoms with van der Waals surface area (Å²) in [6.45, 7) is 5.40. The molecule has 0 aliphatic heterocycles. The van der Waals surface area contributed by atoms with Crippen molar-refractivity contribution in [3.05, 3.63) is 29.8 Å². The predicted molar refractivity (Wildman–Crippen MR) is 87.7 cm³/mol. The molecule has 3 nitrogen and oxygen atoms in total. The third-order valence-corrected chi connectivity index (χ3v) is 4.29. The number of aryl methyl sites for hydroxylation is 1. The number of aliphatic hydroxyl groups is 1. The lowest BCUT2D eigenvalue weighted by Crippen LogP contribution is -2.30. The Balaban J connectivity index is 1.68. The monoisotopic (exact) mass is 291 g/mol. The van der Waals surface area contributed by atoms with Gasteiger partial charge in [0.2, 0.25) is 0 Å². The van der Waals surface area contributed by atoms with Crippen molar-refractivity contribution < 1.29 is 9.84 Å². The van der Waals surface area contributed by atoms with Crippen molar-refractivity contribution in [3.8, 4) is 0 Å². The van der Waals surface area contributed by atoms with Crippen LogP contribution in [-0.2, 0) is 11.2 Å². The fourth-order valence-corrected chi connectivity index (χ4v) is 2.97. The van der Waals surface area contributed by atoms with E-state index in [1.54, 1.807) is 0 Å². The minimum atomic E-state index is -0.451. The van der Waals surface area contributed by atoms with Gasteiger partial charge in [0.15, 0.2) is 0 Å². The molecule has 2 N–H and O–H groups in total. The second-order valence-electron chi connectivity index (χ2n) is 6.32. The van der Waals surface area contributed by atoms with Gasteiger partial charge in [0.05, 0.1) is 18.8 Å². The highest BCUT2D eigenvalue weighted by atomic mass is 16.5. The number of hydrogen-bond donors (Lipinski definition) is 2. The Morgan fingerprint density at radius 2 is 2.24 bits per heavy atom. The lowest BCUT2D eigenvalue weighted by Gasteiger charge is -2.27. The number of nitrogens with one attached hydrogen (secondary N) is 1. The average Bonchev–Trinajstić information content (AvgIpc) is 2.51. The molecule has 0 saturated heterocycles. The first-order valence-electron chi connectivity index (χ1n) is 8.29. The molecule has 0 heterocycles. The standard InChI is InChI=1S/C18H29NO2/c1-3-15-7-5-8-16(11-15)19-12-17(20)13-21-18-9-4-6-14(2)10-18/h5,7-8,11,14,17-20H,3-4,6,9-10,12-13H2,1-2H3. The Hall–Kier alpha value is -1.06. The van der Waals surface area contributed by atoms with E-state index < -0.39 is 6.10 Å². The predicted octanol–water partition coefficient (Wildman–Crippen LogP) is 3.62. The van der Waals surface area contributed by atoms with E-state index in [4.69, 9.17) is 4.74 Å². The van der Waals surface area contributed by atoms with Crippen molar-refractivity contribution in [1.82, 2.24) is 0 Å². The van der Waals surface area contributed by atoms with E-state index in [0.29, 0.717) is 19.3 Å². The number of anilines is 1. The lowest BCUT2D eigenvalue weighted by atomic mass is 9.89. The van der Waals surface area contributed by atoms with Gasteiger partial charge in [0.25, 0.3) is 0 Å². The van der Waals surface area contributed by atoms with Crippen molar-refractivity contribution in [2.45, 2.75) is 58.2 Å². The van der Waals surface area contributed by atoms with Gasteiger partial charge in [-0.15, -0.1) is 0 Å². The van der Waals surface area contributed by atoms with Crippen LogP contribution in [0.25, 0.3) is 0 Å². The third-order valence-electron chi connectivity index (χ3n) is 4.29. The van der Waals surface area contributed by atoms with Crippen LogP contribution >= 0.6 is 0 Å². The van der Waals surface area contributed by atoms with Crippen molar-refractivity contribution in [2.75, 3.05) is 18.5 Å². The van der Waals surface area contributed by atoms with Crippen molar-refractivity contribution >= 4 is 5.69 Å². The molecule has 0 bridgehead atoms. The Labute approximate surface area is 128 Å².